The summed E-state index contributed by atoms with van der Waals surface area (Å²) in [6.45, 7) is 3.19. The molecule has 0 atom stereocenters. The Morgan fingerprint density at radius 2 is 2.36 bits per heavy atom. The number of carbonyl (C=O) groups is 1. The minimum Gasteiger partial charge on any atom is -0.407 e. The highest BCUT2D eigenvalue weighted by molar-refractivity contribution is 5.69. The van der Waals surface area contributed by atoms with E-state index in [0.29, 0.717) is 5.88 Å². The van der Waals surface area contributed by atoms with E-state index in [9.17, 15) is 4.79 Å². The fourth-order valence-corrected chi connectivity index (χ4v) is 0.714. The monoisotopic (exact) mass is 151 g/mol. The van der Waals surface area contributed by atoms with Crippen LogP contribution in [0.25, 0.3) is 0 Å². The number of hydrogen-bond acceptors (Lipinski definition) is 3. The molecular weight excluding hydrogens is 142 g/mol. The third-order valence-corrected chi connectivity index (χ3v) is 1.20. The number of carbonyl (C=O) groups excluding carboxylic acids is 1. The molecule has 0 amide bonds. The van der Waals surface area contributed by atoms with E-state index in [1.165, 1.54) is 6.92 Å². The summed E-state index contributed by atoms with van der Waals surface area (Å²) in [6, 6.07) is 3.63. The predicted molar refractivity (Wildman–Crippen MR) is 40.3 cm³/mol. The summed E-state index contributed by atoms with van der Waals surface area (Å²) >= 11 is 0. The van der Waals surface area contributed by atoms with Crippen molar-refractivity contribution < 1.29 is 9.53 Å². The number of ether oxygens (including phenoxy) is 1. The molecule has 0 saturated heterocycles. The summed E-state index contributed by atoms with van der Waals surface area (Å²) in [4.78, 5) is 14.4. The molecule has 0 unspecified atom stereocenters. The third-order valence-electron chi connectivity index (χ3n) is 1.20. The largest absolute Gasteiger partial charge is 0.407 e. The van der Waals surface area contributed by atoms with E-state index in [0.717, 1.165) is 5.56 Å². The molecule has 3 heteroatoms. The minimum absolute atomic E-state index is 0.341. The Labute approximate surface area is 65.0 Å². The van der Waals surface area contributed by atoms with Gasteiger partial charge >= 0.3 is 5.97 Å². The zero-order valence-corrected chi connectivity index (χ0v) is 6.50. The number of esters is 1. The van der Waals surface area contributed by atoms with Gasteiger partial charge in [0.05, 0.1) is 0 Å². The van der Waals surface area contributed by atoms with Crippen LogP contribution in [0, 0.1) is 6.92 Å². The highest BCUT2D eigenvalue weighted by atomic mass is 16.5. The van der Waals surface area contributed by atoms with Crippen LogP contribution in [0.5, 0.6) is 5.88 Å². The van der Waals surface area contributed by atoms with E-state index in [2.05, 4.69) is 4.98 Å². The summed E-state index contributed by atoms with van der Waals surface area (Å²) in [5.74, 6) is 0.0480. The number of pyridine rings is 1. The number of hydrogen-bond donors (Lipinski definition) is 0. The van der Waals surface area contributed by atoms with Gasteiger partial charge in [0.15, 0.2) is 0 Å². The van der Waals surface area contributed by atoms with Gasteiger partial charge in [0.2, 0.25) is 5.88 Å². The van der Waals surface area contributed by atoms with E-state index in [4.69, 9.17) is 4.74 Å². The Hall–Kier alpha value is -1.38. The number of nitrogens with zero attached hydrogens (tertiary/aromatic N) is 1. The van der Waals surface area contributed by atoms with Gasteiger partial charge in [-0.25, -0.2) is 4.98 Å². The topological polar surface area (TPSA) is 39.2 Å². The Kier molecular flexibility index (Phi) is 2.21. The average molecular weight is 151 g/mol. The summed E-state index contributed by atoms with van der Waals surface area (Å²) in [7, 11) is 0. The van der Waals surface area contributed by atoms with E-state index in [1.807, 2.05) is 13.0 Å². The van der Waals surface area contributed by atoms with Gasteiger partial charge < -0.3 is 4.74 Å². The average Bonchev–Trinajstić information content (AvgIpc) is 1.93. The molecule has 1 aromatic rings. The van der Waals surface area contributed by atoms with Gasteiger partial charge in [-0.2, -0.15) is 0 Å². The fourth-order valence-electron chi connectivity index (χ4n) is 0.714. The quantitative estimate of drug-likeness (QED) is 0.568. The molecular formula is C8H9NO2. The van der Waals surface area contributed by atoms with Crippen LogP contribution in [0.2, 0.25) is 0 Å². The highest BCUT2D eigenvalue weighted by Gasteiger charge is 2.00. The standard InChI is InChI=1S/C8H9NO2/c1-6-4-3-5-9-8(6)11-7(2)10/h3-5H,1-2H3. The number of aryl methyl sites for hydroxylation is 1. The maximum absolute atomic E-state index is 10.5. The maximum Gasteiger partial charge on any atom is 0.309 e. The summed E-state index contributed by atoms with van der Waals surface area (Å²) in [5.41, 5.74) is 0.864. The second-order valence-corrected chi connectivity index (χ2v) is 2.22. The minimum atomic E-state index is -0.341. The molecule has 0 aliphatic carbocycles. The van der Waals surface area contributed by atoms with Crippen molar-refractivity contribution in [2.45, 2.75) is 13.8 Å². The van der Waals surface area contributed by atoms with Crippen LogP contribution >= 0.6 is 0 Å². The van der Waals surface area contributed by atoms with E-state index >= 15 is 0 Å². The molecule has 0 spiro atoms. The first-order valence-electron chi connectivity index (χ1n) is 3.30. The van der Waals surface area contributed by atoms with Crippen LogP contribution in [0.1, 0.15) is 12.5 Å². The lowest BCUT2D eigenvalue weighted by Crippen LogP contribution is -2.03. The van der Waals surface area contributed by atoms with Crippen molar-refractivity contribution in [3.63, 3.8) is 0 Å². The molecule has 0 aromatic carbocycles. The molecule has 1 rings (SSSR count). The lowest BCUT2D eigenvalue weighted by Gasteiger charge is -2.01. The molecule has 0 fully saturated rings. The SMILES string of the molecule is CC(=O)Oc1ncccc1C. The maximum atomic E-state index is 10.5. The van der Waals surface area contributed by atoms with Crippen molar-refractivity contribution in [1.82, 2.24) is 4.98 Å². The van der Waals surface area contributed by atoms with Crippen LogP contribution < -0.4 is 4.74 Å². The van der Waals surface area contributed by atoms with Gasteiger partial charge in [-0.05, 0) is 13.0 Å². The number of rotatable bonds is 1. The van der Waals surface area contributed by atoms with Crippen LogP contribution in [0.15, 0.2) is 18.3 Å². The van der Waals surface area contributed by atoms with Crippen molar-refractivity contribution in [2.75, 3.05) is 0 Å². The molecule has 0 aliphatic rings. The second-order valence-electron chi connectivity index (χ2n) is 2.22. The zero-order chi connectivity index (χ0) is 8.27. The van der Waals surface area contributed by atoms with Gasteiger partial charge in [-0.15, -0.1) is 0 Å². The van der Waals surface area contributed by atoms with Crippen LogP contribution in [0.3, 0.4) is 0 Å². The first-order valence-corrected chi connectivity index (χ1v) is 3.30. The Morgan fingerprint density at radius 1 is 1.64 bits per heavy atom. The Balaban J connectivity index is 2.86. The summed E-state index contributed by atoms with van der Waals surface area (Å²) in [5, 5.41) is 0. The lowest BCUT2D eigenvalue weighted by atomic mass is 10.3. The molecule has 0 bridgehead atoms. The third kappa shape index (κ3) is 2.04. The highest BCUT2D eigenvalue weighted by Crippen LogP contribution is 2.11. The van der Waals surface area contributed by atoms with Crippen molar-refractivity contribution in [3.05, 3.63) is 23.9 Å². The first kappa shape index (κ1) is 7.72. The Morgan fingerprint density at radius 3 is 2.91 bits per heavy atom. The van der Waals surface area contributed by atoms with E-state index in [1.54, 1.807) is 12.3 Å². The van der Waals surface area contributed by atoms with Gasteiger partial charge in [0.1, 0.15) is 0 Å². The van der Waals surface area contributed by atoms with Gasteiger partial charge in [0.25, 0.3) is 0 Å². The zero-order valence-electron chi connectivity index (χ0n) is 6.50. The van der Waals surface area contributed by atoms with Crippen molar-refractivity contribution in [1.29, 1.82) is 0 Å². The lowest BCUT2D eigenvalue weighted by molar-refractivity contribution is -0.132. The fraction of sp³-hybridized carbons (Fsp3) is 0.250. The number of aromatic nitrogens is 1. The smallest absolute Gasteiger partial charge is 0.309 e. The molecule has 58 valence electrons. The van der Waals surface area contributed by atoms with Gasteiger partial charge in [-0.1, -0.05) is 6.07 Å². The van der Waals surface area contributed by atoms with E-state index < -0.39 is 0 Å². The predicted octanol–water partition coefficient (Wildman–Crippen LogP) is 1.32. The normalized spacial score (nSPS) is 9.27. The molecule has 3 nitrogen and oxygen atoms in total. The van der Waals surface area contributed by atoms with Crippen molar-refractivity contribution >= 4 is 5.97 Å². The molecule has 0 aliphatic heterocycles. The van der Waals surface area contributed by atoms with Crippen molar-refractivity contribution in [3.8, 4) is 5.88 Å². The summed E-state index contributed by atoms with van der Waals surface area (Å²) in [6.07, 6.45) is 1.59. The van der Waals surface area contributed by atoms with Gasteiger partial charge in [0, 0.05) is 18.7 Å². The van der Waals surface area contributed by atoms with Crippen LogP contribution in [-0.4, -0.2) is 11.0 Å². The van der Waals surface area contributed by atoms with E-state index in [-0.39, 0.29) is 5.97 Å². The summed E-state index contributed by atoms with van der Waals surface area (Å²) < 4.78 is 4.79. The molecule has 11 heavy (non-hydrogen) atoms. The second kappa shape index (κ2) is 3.14. The molecule has 0 saturated carbocycles. The Bertz CT molecular complexity index is 271. The van der Waals surface area contributed by atoms with Crippen molar-refractivity contribution in [2.24, 2.45) is 0 Å². The van der Waals surface area contributed by atoms with Crippen LogP contribution in [-0.2, 0) is 4.79 Å². The molecule has 1 aromatic heterocycles. The molecule has 0 radical (unpaired) electrons. The molecule has 0 N–H and O–H groups in total. The van der Waals surface area contributed by atoms with Crippen LogP contribution in [0.4, 0.5) is 0 Å². The molecule has 1 heterocycles. The van der Waals surface area contributed by atoms with Gasteiger partial charge in [-0.3, -0.25) is 4.79 Å². The first-order chi connectivity index (χ1) is 5.20.